The van der Waals surface area contributed by atoms with Gasteiger partial charge in [0.2, 0.25) is 16.0 Å². The minimum atomic E-state index is -4.53. The highest BCUT2D eigenvalue weighted by Gasteiger charge is 2.51. The third kappa shape index (κ3) is 4.69. The highest BCUT2D eigenvalue weighted by Crippen LogP contribution is 2.38. The van der Waals surface area contributed by atoms with Crippen LogP contribution in [0.25, 0.3) is 11.1 Å². The van der Waals surface area contributed by atoms with E-state index >= 15 is 0 Å². The minimum absolute atomic E-state index is 0.0169. The molecule has 0 bridgehead atoms. The lowest BCUT2D eigenvalue weighted by Crippen LogP contribution is -2.47. The van der Waals surface area contributed by atoms with Gasteiger partial charge in [-0.1, -0.05) is 5.16 Å². The van der Waals surface area contributed by atoms with Gasteiger partial charge in [-0.25, -0.2) is 39.5 Å². The first-order valence-electron chi connectivity index (χ1n) is 9.93. The highest BCUT2D eigenvalue weighted by molar-refractivity contribution is 7.89. The minimum Gasteiger partial charge on any atom is -0.384 e. The fourth-order valence-corrected chi connectivity index (χ4v) is 4.63. The van der Waals surface area contributed by atoms with E-state index in [1.807, 2.05) is 0 Å². The van der Waals surface area contributed by atoms with Crippen LogP contribution < -0.4 is 4.72 Å². The number of aromatic nitrogens is 1. The molecule has 2 aliphatic rings. The molecule has 1 aromatic heterocycles. The summed E-state index contributed by atoms with van der Waals surface area (Å²) in [6.07, 6.45) is 0.280. The number of oxime groups is 1. The van der Waals surface area contributed by atoms with E-state index < -0.39 is 70.2 Å². The number of amidine groups is 1. The van der Waals surface area contributed by atoms with Crippen LogP contribution in [-0.2, 0) is 14.9 Å². The Bertz CT molecular complexity index is 1230. The first-order chi connectivity index (χ1) is 15.9. The van der Waals surface area contributed by atoms with Gasteiger partial charge < -0.3 is 9.74 Å². The number of aryl methyl sites for hydroxylation is 1. The summed E-state index contributed by atoms with van der Waals surface area (Å²) in [5, 5.41) is 3.78. The molecule has 34 heavy (non-hydrogen) atoms. The summed E-state index contributed by atoms with van der Waals surface area (Å²) >= 11 is 0. The van der Waals surface area contributed by atoms with Crippen LogP contribution in [-0.4, -0.2) is 55.2 Å². The number of alkyl halides is 3. The van der Waals surface area contributed by atoms with E-state index in [0.29, 0.717) is 17.7 Å². The van der Waals surface area contributed by atoms with Crippen molar-refractivity contribution in [3.05, 3.63) is 53.1 Å². The van der Waals surface area contributed by atoms with E-state index in [0.717, 1.165) is 4.90 Å². The Morgan fingerprint density at radius 2 is 1.88 bits per heavy atom. The van der Waals surface area contributed by atoms with Crippen molar-refractivity contribution in [2.75, 3.05) is 19.1 Å². The fraction of sp³-hybridized carbons (Fsp3) is 0.400. The SMILES string of the molecule is Cc1cnc([C@@H]2CC(N3C[C@@H](NS(=O)(=O)CF)C(F)(F)C3)=NO2)c(-c2c(F)cc(F)cc2F)c1. The monoisotopic (exact) mass is 508 g/mol. The van der Waals surface area contributed by atoms with Crippen LogP contribution in [0.2, 0.25) is 0 Å². The third-order valence-electron chi connectivity index (χ3n) is 5.43. The standard InChI is InChI=1S/C20H18F6N4O3S/c1-10-2-12(18-13(23)3-11(22)4-14(18)24)19(27-6-10)15-5-17(28-33-15)30-7-16(20(25,26)8-30)29-34(31,32)9-21/h2-4,6,15-16,29H,5,7-9H2,1H3/t15-,16+/m0/s1. The molecule has 7 nitrogen and oxygen atoms in total. The lowest BCUT2D eigenvalue weighted by atomic mass is 9.97. The maximum absolute atomic E-state index is 14.5. The Kier molecular flexibility index (Phi) is 6.23. The van der Waals surface area contributed by atoms with E-state index in [9.17, 15) is 34.8 Å². The van der Waals surface area contributed by atoms with Gasteiger partial charge in [-0.15, -0.1) is 0 Å². The molecule has 3 heterocycles. The Morgan fingerprint density at radius 1 is 1.21 bits per heavy atom. The van der Waals surface area contributed by atoms with Gasteiger partial charge >= 0.3 is 0 Å². The summed E-state index contributed by atoms with van der Waals surface area (Å²) in [5.74, 6) is -6.91. The number of rotatable bonds is 5. The zero-order valence-corrected chi connectivity index (χ0v) is 18.4. The number of benzene rings is 1. The van der Waals surface area contributed by atoms with Crippen LogP contribution in [0.5, 0.6) is 0 Å². The van der Waals surface area contributed by atoms with Crippen molar-refractivity contribution in [3.8, 4) is 11.1 Å². The van der Waals surface area contributed by atoms with Crippen molar-refractivity contribution >= 4 is 15.9 Å². The van der Waals surface area contributed by atoms with Crippen LogP contribution in [0.15, 0.2) is 29.6 Å². The van der Waals surface area contributed by atoms with Gasteiger partial charge in [-0.3, -0.25) is 4.98 Å². The Labute approximate surface area is 190 Å². The van der Waals surface area contributed by atoms with Gasteiger partial charge in [0, 0.05) is 30.4 Å². The maximum atomic E-state index is 14.5. The molecule has 0 radical (unpaired) electrons. The largest absolute Gasteiger partial charge is 0.384 e. The van der Waals surface area contributed by atoms with Crippen molar-refractivity contribution in [1.29, 1.82) is 0 Å². The van der Waals surface area contributed by atoms with Crippen LogP contribution in [0.4, 0.5) is 26.3 Å². The molecule has 2 atom stereocenters. The molecule has 2 aliphatic heterocycles. The van der Waals surface area contributed by atoms with Crippen LogP contribution in [0.3, 0.4) is 0 Å². The zero-order chi connectivity index (χ0) is 24.8. The molecule has 1 aromatic carbocycles. The van der Waals surface area contributed by atoms with Crippen LogP contribution in [0, 0.1) is 24.4 Å². The summed E-state index contributed by atoms with van der Waals surface area (Å²) in [6, 6.07) is -1.26. The molecular formula is C20H18F6N4O3S. The summed E-state index contributed by atoms with van der Waals surface area (Å²) < 4.78 is 108. The van der Waals surface area contributed by atoms with Gasteiger partial charge in [0.05, 0.1) is 24.2 Å². The predicted octanol–water partition coefficient (Wildman–Crippen LogP) is 3.42. The number of hydrogen-bond acceptors (Lipinski definition) is 6. The number of nitrogens with one attached hydrogen (secondary N) is 1. The predicted molar refractivity (Wildman–Crippen MR) is 109 cm³/mol. The topological polar surface area (TPSA) is 83.9 Å². The van der Waals surface area contributed by atoms with Crippen molar-refractivity contribution < 1.29 is 39.6 Å². The fourth-order valence-electron chi connectivity index (χ4n) is 3.89. The zero-order valence-electron chi connectivity index (χ0n) is 17.5. The average molecular weight is 508 g/mol. The molecule has 0 spiro atoms. The summed E-state index contributed by atoms with van der Waals surface area (Å²) in [6.45, 7) is 0.218. The molecule has 184 valence electrons. The first-order valence-corrected chi connectivity index (χ1v) is 11.6. The molecule has 0 amide bonds. The van der Waals surface area contributed by atoms with E-state index in [4.69, 9.17) is 4.84 Å². The highest BCUT2D eigenvalue weighted by atomic mass is 32.2. The molecule has 4 rings (SSSR count). The molecule has 0 aliphatic carbocycles. The van der Waals surface area contributed by atoms with Gasteiger partial charge in [-0.05, 0) is 18.6 Å². The maximum Gasteiger partial charge on any atom is 0.282 e. The van der Waals surface area contributed by atoms with Gasteiger partial charge in [0.25, 0.3) is 5.92 Å². The lowest BCUT2D eigenvalue weighted by Gasteiger charge is -2.17. The Balaban J connectivity index is 1.58. The van der Waals surface area contributed by atoms with Crippen molar-refractivity contribution in [2.24, 2.45) is 5.16 Å². The number of sulfonamides is 1. The van der Waals surface area contributed by atoms with Crippen LogP contribution >= 0.6 is 0 Å². The second kappa shape index (κ2) is 8.73. The Hall–Kier alpha value is -2.87. The average Bonchev–Trinajstić information content (AvgIpc) is 3.32. The molecule has 0 saturated carbocycles. The van der Waals surface area contributed by atoms with E-state index in [2.05, 4.69) is 10.1 Å². The molecular weight excluding hydrogens is 490 g/mol. The molecule has 1 N–H and O–H groups in total. The normalized spacial score (nSPS) is 22.1. The third-order valence-corrected chi connectivity index (χ3v) is 6.37. The number of hydrogen-bond donors (Lipinski definition) is 1. The quantitative estimate of drug-likeness (QED) is 0.626. The van der Waals surface area contributed by atoms with Crippen LogP contribution in [0.1, 0.15) is 23.8 Å². The van der Waals surface area contributed by atoms with Gasteiger partial charge in [0.15, 0.2) is 6.10 Å². The summed E-state index contributed by atoms with van der Waals surface area (Å²) in [7, 11) is -4.53. The molecule has 0 unspecified atom stereocenters. The number of likely N-dealkylation sites (tertiary alicyclic amines) is 1. The summed E-state index contributed by atoms with van der Waals surface area (Å²) in [5.41, 5.74) is 0.0485. The van der Waals surface area contributed by atoms with E-state index in [1.165, 1.54) is 12.3 Å². The summed E-state index contributed by atoms with van der Waals surface area (Å²) in [4.78, 5) is 10.6. The molecule has 14 heteroatoms. The lowest BCUT2D eigenvalue weighted by molar-refractivity contribution is -0.00133. The van der Waals surface area contributed by atoms with Gasteiger partial charge in [0.1, 0.15) is 29.3 Å². The second-order valence-corrected chi connectivity index (χ2v) is 9.71. The Morgan fingerprint density at radius 3 is 2.53 bits per heavy atom. The first kappa shape index (κ1) is 24.3. The van der Waals surface area contributed by atoms with E-state index in [-0.39, 0.29) is 23.5 Å². The smallest absolute Gasteiger partial charge is 0.282 e. The molecule has 1 saturated heterocycles. The number of nitrogens with zero attached hydrogens (tertiary/aromatic N) is 3. The van der Waals surface area contributed by atoms with Crippen molar-refractivity contribution in [1.82, 2.24) is 14.6 Å². The molecule has 2 aromatic rings. The van der Waals surface area contributed by atoms with Crippen molar-refractivity contribution in [2.45, 2.75) is 31.4 Å². The second-order valence-electron chi connectivity index (χ2n) is 8.03. The van der Waals surface area contributed by atoms with E-state index in [1.54, 1.807) is 11.6 Å². The molecule has 1 fully saturated rings. The van der Waals surface area contributed by atoms with Gasteiger partial charge in [-0.2, -0.15) is 0 Å². The van der Waals surface area contributed by atoms with Crippen molar-refractivity contribution in [3.63, 3.8) is 0 Å². The number of pyridine rings is 1. The number of halogens is 6.